The molecule has 8 heteroatoms. The fourth-order valence-corrected chi connectivity index (χ4v) is 4.26. The molecule has 1 aromatic carbocycles. The third-order valence-electron chi connectivity index (χ3n) is 6.10. The second-order valence-corrected chi connectivity index (χ2v) is 8.16. The number of rotatable bonds is 5. The number of carbonyl (C=O) groups is 1. The Balaban J connectivity index is 1.34. The second kappa shape index (κ2) is 9.33. The lowest BCUT2D eigenvalue weighted by molar-refractivity contribution is 0.0620. The number of aromatic nitrogens is 3. The fourth-order valence-electron chi connectivity index (χ4n) is 4.26. The first kappa shape index (κ1) is 21.6. The molecular formula is C26H24N6O2. The summed E-state index contributed by atoms with van der Waals surface area (Å²) in [6.07, 6.45) is 2.03. The van der Waals surface area contributed by atoms with Gasteiger partial charge in [-0.2, -0.15) is 5.26 Å². The highest BCUT2D eigenvalue weighted by molar-refractivity contribution is 5.92. The van der Waals surface area contributed by atoms with Crippen LogP contribution in [0, 0.1) is 11.3 Å². The number of amides is 1. The average Bonchev–Trinajstić information content (AvgIpc) is 3.27. The highest BCUT2D eigenvalue weighted by atomic mass is 16.5. The van der Waals surface area contributed by atoms with Crippen molar-refractivity contribution in [2.75, 3.05) is 33.3 Å². The zero-order chi connectivity index (χ0) is 23.5. The van der Waals surface area contributed by atoms with E-state index >= 15 is 0 Å². The van der Waals surface area contributed by atoms with E-state index in [2.05, 4.69) is 20.4 Å². The highest BCUT2D eigenvalue weighted by Crippen LogP contribution is 2.26. The summed E-state index contributed by atoms with van der Waals surface area (Å²) in [4.78, 5) is 26.2. The second-order valence-electron chi connectivity index (χ2n) is 8.16. The lowest BCUT2D eigenvalue weighted by Gasteiger charge is -2.34. The summed E-state index contributed by atoms with van der Waals surface area (Å²) in [7, 11) is 1.54. The molecule has 0 unspecified atom stereocenters. The molecule has 5 rings (SSSR count). The van der Waals surface area contributed by atoms with E-state index in [-0.39, 0.29) is 5.91 Å². The van der Waals surface area contributed by atoms with Crippen LogP contribution in [0.3, 0.4) is 0 Å². The maximum atomic E-state index is 12.9. The van der Waals surface area contributed by atoms with Gasteiger partial charge in [0.05, 0.1) is 30.1 Å². The number of piperazine rings is 1. The largest absolute Gasteiger partial charge is 0.481 e. The molecular weight excluding hydrogens is 428 g/mol. The van der Waals surface area contributed by atoms with Crippen LogP contribution in [-0.4, -0.2) is 63.4 Å². The van der Waals surface area contributed by atoms with Gasteiger partial charge in [-0.3, -0.25) is 9.69 Å². The minimum atomic E-state index is -0.0772. The van der Waals surface area contributed by atoms with Crippen molar-refractivity contribution in [1.82, 2.24) is 24.2 Å². The summed E-state index contributed by atoms with van der Waals surface area (Å²) in [6, 6.07) is 20.9. The lowest BCUT2D eigenvalue weighted by Crippen LogP contribution is -2.48. The molecule has 0 saturated carbocycles. The molecule has 1 amide bonds. The molecule has 1 aliphatic heterocycles. The number of benzene rings is 1. The minimum absolute atomic E-state index is 0.0772. The molecule has 0 atom stereocenters. The first-order valence-corrected chi connectivity index (χ1v) is 11.2. The number of nitriles is 1. The molecule has 0 radical (unpaired) electrons. The predicted octanol–water partition coefficient (Wildman–Crippen LogP) is 3.23. The van der Waals surface area contributed by atoms with Crippen molar-refractivity contribution >= 4 is 11.6 Å². The molecule has 0 bridgehead atoms. The lowest BCUT2D eigenvalue weighted by atomic mass is 10.1. The van der Waals surface area contributed by atoms with Gasteiger partial charge in [0.2, 0.25) is 5.88 Å². The van der Waals surface area contributed by atoms with E-state index in [1.54, 1.807) is 25.3 Å². The van der Waals surface area contributed by atoms with Gasteiger partial charge < -0.3 is 14.0 Å². The summed E-state index contributed by atoms with van der Waals surface area (Å²) in [5.74, 6) is 0.360. The number of nitrogens with zero attached hydrogens (tertiary/aromatic N) is 6. The molecule has 1 aliphatic rings. The predicted molar refractivity (Wildman–Crippen MR) is 127 cm³/mol. The van der Waals surface area contributed by atoms with Crippen LogP contribution in [0.2, 0.25) is 0 Å². The van der Waals surface area contributed by atoms with Gasteiger partial charge in [0.15, 0.2) is 0 Å². The minimum Gasteiger partial charge on any atom is -0.481 e. The molecule has 34 heavy (non-hydrogen) atoms. The van der Waals surface area contributed by atoms with Gasteiger partial charge in [-0.15, -0.1) is 0 Å². The number of imidazole rings is 1. The highest BCUT2D eigenvalue weighted by Gasteiger charge is 2.25. The van der Waals surface area contributed by atoms with Crippen molar-refractivity contribution in [2.24, 2.45) is 0 Å². The Morgan fingerprint density at radius 2 is 1.79 bits per heavy atom. The van der Waals surface area contributed by atoms with Crippen molar-refractivity contribution in [3.8, 4) is 23.2 Å². The Bertz CT molecular complexity index is 1360. The maximum Gasteiger partial charge on any atom is 0.272 e. The van der Waals surface area contributed by atoms with E-state index in [1.807, 2.05) is 53.6 Å². The molecule has 0 spiro atoms. The normalized spacial score (nSPS) is 14.2. The maximum absolute atomic E-state index is 12.9. The Kier molecular flexibility index (Phi) is 5.93. The Morgan fingerprint density at radius 3 is 2.53 bits per heavy atom. The Morgan fingerprint density at radius 1 is 1.00 bits per heavy atom. The SMILES string of the molecule is COc1cccc(C(=O)N2CCN(Cc3c(-c4ccc(C#N)cc4)nc4ccccn34)CC2)n1. The van der Waals surface area contributed by atoms with Crippen molar-refractivity contribution in [3.05, 3.63) is 83.8 Å². The van der Waals surface area contributed by atoms with Gasteiger partial charge in [0, 0.05) is 50.6 Å². The van der Waals surface area contributed by atoms with E-state index < -0.39 is 0 Å². The van der Waals surface area contributed by atoms with Crippen molar-refractivity contribution in [2.45, 2.75) is 6.54 Å². The van der Waals surface area contributed by atoms with E-state index in [4.69, 9.17) is 15.0 Å². The molecule has 4 aromatic rings. The van der Waals surface area contributed by atoms with Crippen LogP contribution in [0.4, 0.5) is 0 Å². The third kappa shape index (κ3) is 4.21. The zero-order valence-electron chi connectivity index (χ0n) is 18.9. The first-order chi connectivity index (χ1) is 16.7. The molecule has 1 fully saturated rings. The molecule has 0 aliphatic carbocycles. The summed E-state index contributed by atoms with van der Waals surface area (Å²) >= 11 is 0. The smallest absolute Gasteiger partial charge is 0.272 e. The van der Waals surface area contributed by atoms with Crippen LogP contribution in [0.1, 0.15) is 21.7 Å². The van der Waals surface area contributed by atoms with E-state index in [1.165, 1.54) is 0 Å². The summed E-state index contributed by atoms with van der Waals surface area (Å²) in [5.41, 5.74) is 4.90. The molecule has 4 heterocycles. The van der Waals surface area contributed by atoms with Gasteiger partial charge in [-0.1, -0.05) is 24.3 Å². The Hall–Kier alpha value is -4.22. The number of pyridine rings is 2. The molecule has 8 nitrogen and oxygen atoms in total. The van der Waals surface area contributed by atoms with Crippen molar-refractivity contribution in [1.29, 1.82) is 5.26 Å². The van der Waals surface area contributed by atoms with Gasteiger partial charge in [-0.05, 0) is 30.3 Å². The van der Waals surface area contributed by atoms with Crippen LogP contribution in [0.25, 0.3) is 16.9 Å². The summed E-state index contributed by atoms with van der Waals surface area (Å²) in [5, 5.41) is 9.13. The van der Waals surface area contributed by atoms with E-state index in [0.717, 1.165) is 35.7 Å². The molecule has 1 saturated heterocycles. The number of carbonyl (C=O) groups excluding carboxylic acids is 1. The molecule has 170 valence electrons. The number of hydrogen-bond acceptors (Lipinski definition) is 6. The topological polar surface area (TPSA) is 86.8 Å². The van der Waals surface area contributed by atoms with E-state index in [0.29, 0.717) is 36.8 Å². The molecule has 3 aromatic heterocycles. The molecule has 0 N–H and O–H groups in total. The standard InChI is InChI=1S/C26H24N6O2/c1-34-24-7-4-5-21(28-24)26(33)31-15-13-30(14-16-31)18-22-25(20-10-8-19(17-27)9-11-20)29-23-6-2-3-12-32(22)23/h2-12H,13-16,18H2,1H3. The fraction of sp³-hybridized carbons (Fsp3) is 0.231. The zero-order valence-corrected chi connectivity index (χ0v) is 18.9. The van der Waals surface area contributed by atoms with Crippen molar-refractivity contribution < 1.29 is 9.53 Å². The number of ether oxygens (including phenoxy) is 1. The van der Waals surface area contributed by atoms with Gasteiger partial charge in [0.1, 0.15) is 11.3 Å². The quantitative estimate of drug-likeness (QED) is 0.462. The first-order valence-electron chi connectivity index (χ1n) is 11.2. The summed E-state index contributed by atoms with van der Waals surface area (Å²) in [6.45, 7) is 3.46. The number of methoxy groups -OCH3 is 1. The van der Waals surface area contributed by atoms with Crippen LogP contribution in [0.5, 0.6) is 5.88 Å². The van der Waals surface area contributed by atoms with Crippen LogP contribution in [-0.2, 0) is 6.54 Å². The van der Waals surface area contributed by atoms with Crippen LogP contribution < -0.4 is 4.74 Å². The monoisotopic (exact) mass is 452 g/mol. The number of hydrogen-bond donors (Lipinski definition) is 0. The van der Waals surface area contributed by atoms with Crippen LogP contribution >= 0.6 is 0 Å². The van der Waals surface area contributed by atoms with Gasteiger partial charge >= 0.3 is 0 Å². The summed E-state index contributed by atoms with van der Waals surface area (Å²) < 4.78 is 7.27. The third-order valence-corrected chi connectivity index (χ3v) is 6.10. The van der Waals surface area contributed by atoms with Crippen molar-refractivity contribution in [3.63, 3.8) is 0 Å². The van der Waals surface area contributed by atoms with E-state index in [9.17, 15) is 4.79 Å². The van der Waals surface area contributed by atoms with Gasteiger partial charge in [0.25, 0.3) is 5.91 Å². The van der Waals surface area contributed by atoms with Crippen LogP contribution in [0.15, 0.2) is 66.9 Å². The Labute approximate surface area is 197 Å². The van der Waals surface area contributed by atoms with Gasteiger partial charge in [-0.25, -0.2) is 9.97 Å². The number of fused-ring (bicyclic) bond motifs is 1. The average molecular weight is 453 g/mol.